The predicted octanol–water partition coefficient (Wildman–Crippen LogP) is 4.23. The van der Waals surface area contributed by atoms with Crippen LogP contribution >= 0.6 is 0 Å². The van der Waals surface area contributed by atoms with Gasteiger partial charge in [-0.1, -0.05) is 42.5 Å². The van der Waals surface area contributed by atoms with Gasteiger partial charge >= 0.3 is 0 Å². The van der Waals surface area contributed by atoms with Crippen molar-refractivity contribution in [1.29, 1.82) is 0 Å². The molecule has 0 spiro atoms. The maximum atomic E-state index is 12.9. The molecule has 1 aliphatic carbocycles. The Labute approximate surface area is 196 Å². The zero-order valence-corrected chi connectivity index (χ0v) is 19.4. The van der Waals surface area contributed by atoms with Crippen LogP contribution in [0, 0.1) is 11.8 Å². The van der Waals surface area contributed by atoms with E-state index in [1.165, 1.54) is 5.56 Å². The predicted molar refractivity (Wildman–Crippen MR) is 128 cm³/mol. The summed E-state index contributed by atoms with van der Waals surface area (Å²) in [7, 11) is 0. The number of aryl methyl sites for hydroxylation is 1. The van der Waals surface area contributed by atoms with Crippen molar-refractivity contribution in [3.8, 4) is 5.75 Å². The Hall–Kier alpha value is -2.82. The number of benzene rings is 2. The molecule has 2 amide bonds. The number of piperidine rings is 1. The molecule has 5 heteroatoms. The molecule has 0 N–H and O–H groups in total. The van der Waals surface area contributed by atoms with E-state index in [0.29, 0.717) is 32.0 Å². The lowest BCUT2D eigenvalue weighted by molar-refractivity contribution is -0.133. The van der Waals surface area contributed by atoms with Crippen molar-refractivity contribution in [2.45, 2.75) is 51.5 Å². The van der Waals surface area contributed by atoms with Gasteiger partial charge in [-0.2, -0.15) is 0 Å². The molecule has 33 heavy (non-hydrogen) atoms. The van der Waals surface area contributed by atoms with Crippen LogP contribution in [-0.2, 0) is 29.0 Å². The SMILES string of the molecule is O=C(CCc1ccc2c(c1)CN(C(=O)C1CC1)CCO2)N1CCC(Cc2ccccc2)CC1. The first-order valence-corrected chi connectivity index (χ1v) is 12.5. The number of carbonyl (C=O) groups is 2. The molecule has 3 aliphatic rings. The van der Waals surface area contributed by atoms with Crippen molar-refractivity contribution in [1.82, 2.24) is 9.80 Å². The summed E-state index contributed by atoms with van der Waals surface area (Å²) in [5.74, 6) is 2.29. The topological polar surface area (TPSA) is 49.9 Å². The summed E-state index contributed by atoms with van der Waals surface area (Å²) < 4.78 is 5.89. The summed E-state index contributed by atoms with van der Waals surface area (Å²) in [6, 6.07) is 16.9. The number of carbonyl (C=O) groups excluding carboxylic acids is 2. The van der Waals surface area contributed by atoms with Crippen LogP contribution in [-0.4, -0.2) is 47.9 Å². The Balaban J connectivity index is 1.12. The van der Waals surface area contributed by atoms with E-state index >= 15 is 0 Å². The number of ether oxygens (including phenoxy) is 1. The third kappa shape index (κ3) is 5.58. The van der Waals surface area contributed by atoms with Gasteiger partial charge < -0.3 is 14.5 Å². The molecule has 0 unspecified atom stereocenters. The summed E-state index contributed by atoms with van der Waals surface area (Å²) in [6.45, 7) is 3.54. The van der Waals surface area contributed by atoms with Gasteiger partial charge in [0.25, 0.3) is 0 Å². The number of rotatable bonds is 6. The average Bonchev–Trinajstić information content (AvgIpc) is 3.70. The Morgan fingerprint density at radius 1 is 0.879 bits per heavy atom. The van der Waals surface area contributed by atoms with Crippen molar-refractivity contribution in [2.75, 3.05) is 26.2 Å². The fourth-order valence-corrected chi connectivity index (χ4v) is 5.12. The van der Waals surface area contributed by atoms with Crippen molar-refractivity contribution < 1.29 is 14.3 Å². The summed E-state index contributed by atoms with van der Waals surface area (Å²) in [5.41, 5.74) is 3.60. The van der Waals surface area contributed by atoms with Gasteiger partial charge in [0.1, 0.15) is 12.4 Å². The molecule has 2 fully saturated rings. The van der Waals surface area contributed by atoms with Crippen molar-refractivity contribution in [3.05, 3.63) is 65.2 Å². The summed E-state index contributed by atoms with van der Waals surface area (Å²) in [5, 5.41) is 0. The number of fused-ring (bicyclic) bond motifs is 1. The fourth-order valence-electron chi connectivity index (χ4n) is 5.12. The van der Waals surface area contributed by atoms with Gasteiger partial charge in [0.2, 0.25) is 11.8 Å². The highest BCUT2D eigenvalue weighted by Gasteiger charge is 2.34. The first kappa shape index (κ1) is 22.0. The van der Waals surface area contributed by atoms with Gasteiger partial charge in [0, 0.05) is 37.5 Å². The minimum Gasteiger partial charge on any atom is -0.491 e. The van der Waals surface area contributed by atoms with Gasteiger partial charge in [0.15, 0.2) is 0 Å². The van der Waals surface area contributed by atoms with Crippen LogP contribution in [0.4, 0.5) is 0 Å². The molecule has 2 aliphatic heterocycles. The molecule has 1 saturated heterocycles. The molecule has 0 atom stereocenters. The summed E-state index contributed by atoms with van der Waals surface area (Å²) in [4.78, 5) is 29.4. The second-order valence-corrected chi connectivity index (χ2v) is 9.84. The van der Waals surface area contributed by atoms with Crippen LogP contribution in [0.3, 0.4) is 0 Å². The average molecular weight is 447 g/mol. The van der Waals surface area contributed by atoms with Gasteiger partial charge in [-0.3, -0.25) is 9.59 Å². The van der Waals surface area contributed by atoms with E-state index in [2.05, 4.69) is 42.5 Å². The van der Waals surface area contributed by atoms with E-state index in [0.717, 1.165) is 68.5 Å². The molecule has 0 bridgehead atoms. The maximum Gasteiger partial charge on any atom is 0.226 e. The summed E-state index contributed by atoms with van der Waals surface area (Å²) in [6.07, 6.45) is 6.59. The molecule has 2 heterocycles. The molecule has 0 aromatic heterocycles. The third-order valence-corrected chi connectivity index (χ3v) is 7.31. The van der Waals surface area contributed by atoms with Gasteiger partial charge in [-0.15, -0.1) is 0 Å². The smallest absolute Gasteiger partial charge is 0.226 e. The molecule has 174 valence electrons. The summed E-state index contributed by atoms with van der Waals surface area (Å²) >= 11 is 0. The van der Waals surface area contributed by atoms with Crippen LogP contribution in [0.15, 0.2) is 48.5 Å². The second kappa shape index (κ2) is 9.98. The van der Waals surface area contributed by atoms with Gasteiger partial charge in [0.05, 0.1) is 6.54 Å². The number of amides is 2. The van der Waals surface area contributed by atoms with Crippen molar-refractivity contribution >= 4 is 11.8 Å². The van der Waals surface area contributed by atoms with Crippen LogP contribution in [0.1, 0.15) is 48.8 Å². The van der Waals surface area contributed by atoms with E-state index in [9.17, 15) is 9.59 Å². The lowest BCUT2D eigenvalue weighted by atomic mass is 9.90. The molecule has 1 saturated carbocycles. The Bertz CT molecular complexity index is 978. The lowest BCUT2D eigenvalue weighted by Gasteiger charge is -2.32. The van der Waals surface area contributed by atoms with Gasteiger partial charge in [-0.05, 0) is 61.6 Å². The Morgan fingerprint density at radius 3 is 2.42 bits per heavy atom. The normalized spacial score (nSPS) is 18.9. The first-order valence-electron chi connectivity index (χ1n) is 12.5. The molecule has 5 nitrogen and oxygen atoms in total. The Kier molecular flexibility index (Phi) is 6.65. The number of hydrogen-bond acceptors (Lipinski definition) is 3. The largest absolute Gasteiger partial charge is 0.491 e. The number of nitrogens with zero attached hydrogens (tertiary/aromatic N) is 2. The van der Waals surface area contributed by atoms with E-state index in [-0.39, 0.29) is 17.7 Å². The highest BCUT2D eigenvalue weighted by atomic mass is 16.5. The monoisotopic (exact) mass is 446 g/mol. The fraction of sp³-hybridized carbons (Fsp3) is 0.500. The standard InChI is InChI=1S/C28H34N2O3/c31-27(29-14-12-23(13-15-29)18-21-4-2-1-3-5-21)11-7-22-6-10-26-25(19-22)20-30(16-17-33-26)28(32)24-8-9-24/h1-6,10,19,23-24H,7-9,11-18,20H2. The number of likely N-dealkylation sites (tertiary alicyclic amines) is 1. The highest BCUT2D eigenvalue weighted by molar-refractivity contribution is 5.81. The van der Waals surface area contributed by atoms with Crippen molar-refractivity contribution in [3.63, 3.8) is 0 Å². The zero-order valence-electron chi connectivity index (χ0n) is 19.4. The molecular formula is C28H34N2O3. The van der Waals surface area contributed by atoms with Crippen LogP contribution in [0.5, 0.6) is 5.75 Å². The van der Waals surface area contributed by atoms with E-state index in [1.54, 1.807) is 0 Å². The first-order chi connectivity index (χ1) is 16.2. The minimum atomic E-state index is 0.226. The molecule has 0 radical (unpaired) electrons. The molecule has 2 aromatic carbocycles. The Morgan fingerprint density at radius 2 is 1.67 bits per heavy atom. The van der Waals surface area contributed by atoms with Gasteiger partial charge in [-0.25, -0.2) is 0 Å². The minimum absolute atomic E-state index is 0.226. The van der Waals surface area contributed by atoms with E-state index in [1.807, 2.05) is 15.9 Å². The van der Waals surface area contributed by atoms with E-state index in [4.69, 9.17) is 4.74 Å². The third-order valence-electron chi connectivity index (χ3n) is 7.31. The molecule has 2 aromatic rings. The maximum absolute atomic E-state index is 12.9. The quantitative estimate of drug-likeness (QED) is 0.667. The lowest BCUT2D eigenvalue weighted by Crippen LogP contribution is -2.39. The molecular weight excluding hydrogens is 412 g/mol. The second-order valence-electron chi connectivity index (χ2n) is 9.84. The van der Waals surface area contributed by atoms with E-state index < -0.39 is 0 Å². The van der Waals surface area contributed by atoms with Crippen LogP contribution in [0.2, 0.25) is 0 Å². The number of hydrogen-bond donors (Lipinski definition) is 0. The molecule has 5 rings (SSSR count). The highest BCUT2D eigenvalue weighted by Crippen LogP contribution is 2.33. The zero-order chi connectivity index (χ0) is 22.6. The van der Waals surface area contributed by atoms with Crippen LogP contribution < -0.4 is 4.74 Å². The van der Waals surface area contributed by atoms with Crippen molar-refractivity contribution in [2.24, 2.45) is 11.8 Å². The van der Waals surface area contributed by atoms with Crippen LogP contribution in [0.25, 0.3) is 0 Å².